The number of carboxylic acids is 1. The largest absolute Gasteiger partial charge is 0.481 e. The zero-order valence-electron chi connectivity index (χ0n) is 16.6. The third kappa shape index (κ3) is 10.6. The van der Waals surface area contributed by atoms with Gasteiger partial charge in [-0.1, -0.05) is 55.5 Å². The van der Waals surface area contributed by atoms with E-state index < -0.39 is 36.5 Å². The Morgan fingerprint density at radius 2 is 1.82 bits per heavy atom. The summed E-state index contributed by atoms with van der Waals surface area (Å²) in [6.45, 7) is 2.03. The molecule has 0 saturated carbocycles. The van der Waals surface area contributed by atoms with E-state index in [0.717, 1.165) is 6.42 Å². The summed E-state index contributed by atoms with van der Waals surface area (Å²) in [5.41, 5.74) is 0. The lowest BCUT2D eigenvalue weighted by molar-refractivity contribution is -0.136. The molecular weight excluding hydrogens is 360 g/mol. The van der Waals surface area contributed by atoms with Gasteiger partial charge in [0.1, 0.15) is 6.10 Å². The smallest absolute Gasteiger partial charge is 0.303 e. The van der Waals surface area contributed by atoms with Crippen LogP contribution in [0.5, 0.6) is 0 Å². The van der Waals surface area contributed by atoms with Crippen LogP contribution in [-0.4, -0.2) is 56.9 Å². The van der Waals surface area contributed by atoms with Gasteiger partial charge in [0.05, 0.1) is 24.4 Å². The van der Waals surface area contributed by atoms with Gasteiger partial charge in [-0.15, -0.1) is 0 Å². The number of allylic oxidation sites excluding steroid dienone is 4. The highest BCUT2D eigenvalue weighted by atomic mass is 16.5. The number of aliphatic carboxylic acids is 1. The number of ether oxygens (including phenoxy) is 1. The third-order valence-corrected chi connectivity index (χ3v) is 4.42. The van der Waals surface area contributed by atoms with Crippen molar-refractivity contribution in [3.8, 4) is 0 Å². The molecule has 28 heavy (non-hydrogen) atoms. The molecule has 1 aliphatic heterocycles. The minimum atomic E-state index is -0.805. The van der Waals surface area contributed by atoms with Crippen LogP contribution in [0.15, 0.2) is 48.6 Å². The molecule has 1 aliphatic rings. The molecule has 1 heterocycles. The highest BCUT2D eigenvalue weighted by Crippen LogP contribution is 2.25. The van der Waals surface area contributed by atoms with Crippen LogP contribution in [-0.2, 0) is 9.53 Å². The summed E-state index contributed by atoms with van der Waals surface area (Å²) in [5.74, 6) is -0.805. The van der Waals surface area contributed by atoms with E-state index in [-0.39, 0.29) is 6.42 Å². The van der Waals surface area contributed by atoms with E-state index in [1.54, 1.807) is 12.2 Å². The SMILES string of the molecule is CC/C=C\C[C@H](O)[C@@H]1C[C@@H](O)[C@@H](/C=C/[C@H](O)C/C=C\C/C=C\CCC(=O)O)O1. The van der Waals surface area contributed by atoms with Crippen LogP contribution in [0, 0.1) is 0 Å². The van der Waals surface area contributed by atoms with Crippen LogP contribution in [0.1, 0.15) is 51.9 Å². The van der Waals surface area contributed by atoms with E-state index >= 15 is 0 Å². The van der Waals surface area contributed by atoms with Crippen molar-refractivity contribution in [2.45, 2.75) is 82.4 Å². The van der Waals surface area contributed by atoms with Crippen molar-refractivity contribution in [2.75, 3.05) is 0 Å². The predicted octanol–water partition coefficient (Wildman–Crippen LogP) is 2.90. The average Bonchev–Trinajstić information content (AvgIpc) is 3.03. The zero-order valence-corrected chi connectivity index (χ0v) is 16.6. The second-order valence-electron chi connectivity index (χ2n) is 6.92. The first kappa shape index (κ1) is 24.3. The number of aliphatic hydroxyl groups excluding tert-OH is 3. The Kier molecular flexibility index (Phi) is 12.4. The second kappa shape index (κ2) is 14.3. The maximum Gasteiger partial charge on any atom is 0.303 e. The van der Waals surface area contributed by atoms with Gasteiger partial charge in [0, 0.05) is 12.8 Å². The minimum Gasteiger partial charge on any atom is -0.481 e. The van der Waals surface area contributed by atoms with Crippen LogP contribution in [0.4, 0.5) is 0 Å². The number of hydrogen-bond donors (Lipinski definition) is 4. The van der Waals surface area contributed by atoms with E-state index in [0.29, 0.717) is 32.1 Å². The zero-order chi connectivity index (χ0) is 20.8. The second-order valence-corrected chi connectivity index (χ2v) is 6.92. The van der Waals surface area contributed by atoms with Crippen molar-refractivity contribution >= 4 is 5.97 Å². The molecule has 6 heteroatoms. The molecule has 158 valence electrons. The molecule has 6 nitrogen and oxygen atoms in total. The van der Waals surface area contributed by atoms with Crippen LogP contribution in [0.3, 0.4) is 0 Å². The quantitative estimate of drug-likeness (QED) is 0.358. The molecule has 0 aliphatic carbocycles. The summed E-state index contributed by atoms with van der Waals surface area (Å²) in [7, 11) is 0. The van der Waals surface area contributed by atoms with Gasteiger partial charge in [-0.25, -0.2) is 0 Å². The molecule has 0 spiro atoms. The number of hydrogen-bond acceptors (Lipinski definition) is 5. The molecule has 5 atom stereocenters. The molecule has 1 rings (SSSR count). The van der Waals surface area contributed by atoms with Crippen molar-refractivity contribution in [3.05, 3.63) is 48.6 Å². The van der Waals surface area contributed by atoms with E-state index in [2.05, 4.69) is 0 Å². The van der Waals surface area contributed by atoms with Gasteiger partial charge < -0.3 is 25.2 Å². The highest BCUT2D eigenvalue weighted by Gasteiger charge is 2.35. The number of rotatable bonds is 13. The van der Waals surface area contributed by atoms with Crippen LogP contribution >= 0.6 is 0 Å². The first-order chi connectivity index (χ1) is 13.4. The van der Waals surface area contributed by atoms with E-state index in [4.69, 9.17) is 9.84 Å². The first-order valence-corrected chi connectivity index (χ1v) is 9.98. The summed E-state index contributed by atoms with van der Waals surface area (Å²) in [5, 5.41) is 38.8. The molecule has 0 unspecified atom stereocenters. The third-order valence-electron chi connectivity index (χ3n) is 4.42. The fourth-order valence-electron chi connectivity index (χ4n) is 2.84. The summed E-state index contributed by atoms with van der Waals surface area (Å²) in [6.07, 6.45) is 15.3. The summed E-state index contributed by atoms with van der Waals surface area (Å²) in [4.78, 5) is 10.4. The Morgan fingerprint density at radius 1 is 1.11 bits per heavy atom. The number of aliphatic hydroxyl groups is 3. The average molecular weight is 395 g/mol. The predicted molar refractivity (Wildman–Crippen MR) is 109 cm³/mol. The molecule has 4 N–H and O–H groups in total. The molecule has 0 aromatic carbocycles. The number of carbonyl (C=O) groups is 1. The standard InChI is InChI=1S/C22H34O6/c1-2-3-8-12-18(24)21-16-19(25)20(28-21)15-14-17(23)11-9-6-4-5-7-10-13-22(26)27/h3,5-9,14-15,17-21,23-25H,2,4,10-13,16H2,1H3,(H,26,27)/b7-5-,8-3-,9-6-,15-14+/t17-,18+,19-,20-,21+/m1/s1. The lowest BCUT2D eigenvalue weighted by Gasteiger charge is -2.16. The van der Waals surface area contributed by atoms with E-state index in [1.165, 1.54) is 0 Å². The monoisotopic (exact) mass is 394 g/mol. The van der Waals surface area contributed by atoms with Gasteiger partial charge in [0.15, 0.2) is 0 Å². The van der Waals surface area contributed by atoms with Crippen molar-refractivity contribution in [1.82, 2.24) is 0 Å². The highest BCUT2D eigenvalue weighted by molar-refractivity contribution is 5.66. The Morgan fingerprint density at radius 3 is 2.54 bits per heavy atom. The van der Waals surface area contributed by atoms with Gasteiger partial charge in [0.2, 0.25) is 0 Å². The Bertz CT molecular complexity index is 551. The molecule has 1 fully saturated rings. The molecule has 0 bridgehead atoms. The van der Waals surface area contributed by atoms with Crippen molar-refractivity contribution in [1.29, 1.82) is 0 Å². The normalized spacial score (nSPS) is 25.5. The molecular formula is C22H34O6. The van der Waals surface area contributed by atoms with Crippen molar-refractivity contribution in [3.63, 3.8) is 0 Å². The van der Waals surface area contributed by atoms with E-state index in [9.17, 15) is 20.1 Å². The molecule has 0 amide bonds. The number of carboxylic acid groups (broad SMARTS) is 1. The Labute approximate surface area is 167 Å². The fraction of sp³-hybridized carbons (Fsp3) is 0.591. The summed E-state index contributed by atoms with van der Waals surface area (Å²) < 4.78 is 5.71. The maximum atomic E-state index is 10.4. The van der Waals surface area contributed by atoms with E-state index in [1.807, 2.05) is 43.4 Å². The van der Waals surface area contributed by atoms with Gasteiger partial charge in [0.25, 0.3) is 0 Å². The van der Waals surface area contributed by atoms with Gasteiger partial charge in [-0.3, -0.25) is 4.79 Å². The topological polar surface area (TPSA) is 107 Å². The first-order valence-electron chi connectivity index (χ1n) is 9.98. The van der Waals surface area contributed by atoms with Crippen molar-refractivity contribution in [2.24, 2.45) is 0 Å². The Hall–Kier alpha value is -1.73. The lowest BCUT2D eigenvalue weighted by Crippen LogP contribution is -2.25. The van der Waals surface area contributed by atoms with Gasteiger partial charge in [-0.2, -0.15) is 0 Å². The molecule has 0 aromatic rings. The van der Waals surface area contributed by atoms with Gasteiger partial charge in [-0.05, 0) is 32.1 Å². The van der Waals surface area contributed by atoms with Crippen LogP contribution in [0.25, 0.3) is 0 Å². The molecule has 1 saturated heterocycles. The fourth-order valence-corrected chi connectivity index (χ4v) is 2.84. The lowest BCUT2D eigenvalue weighted by atomic mass is 10.0. The minimum absolute atomic E-state index is 0.131. The summed E-state index contributed by atoms with van der Waals surface area (Å²) in [6, 6.07) is 0. The van der Waals surface area contributed by atoms with Crippen LogP contribution < -0.4 is 0 Å². The molecule has 0 aromatic heterocycles. The molecule has 0 radical (unpaired) electrons. The van der Waals surface area contributed by atoms with Gasteiger partial charge >= 0.3 is 5.97 Å². The van der Waals surface area contributed by atoms with Crippen LogP contribution in [0.2, 0.25) is 0 Å². The maximum absolute atomic E-state index is 10.4. The van der Waals surface area contributed by atoms with Crippen molar-refractivity contribution < 1.29 is 30.0 Å². The summed E-state index contributed by atoms with van der Waals surface area (Å²) >= 11 is 0. The Balaban J connectivity index is 2.29.